The van der Waals surface area contributed by atoms with Crippen LogP contribution in [0.3, 0.4) is 0 Å². The van der Waals surface area contributed by atoms with Gasteiger partial charge in [0, 0.05) is 0 Å². The first kappa shape index (κ1) is 8.95. The maximum absolute atomic E-state index is 7.96. The highest BCUT2D eigenvalue weighted by atomic mass is 16.4. The zero-order valence-corrected chi connectivity index (χ0v) is 6.20. The maximum atomic E-state index is 7.96. The molecule has 56 valence electrons. The van der Waals surface area contributed by atoms with Crippen molar-refractivity contribution in [1.82, 2.24) is 0 Å². The SMILES string of the molecule is CCC/C=C/C=C/C=N/O. The van der Waals surface area contributed by atoms with Crippen LogP contribution in [0.2, 0.25) is 0 Å². The van der Waals surface area contributed by atoms with Crippen molar-refractivity contribution in [2.24, 2.45) is 5.16 Å². The van der Waals surface area contributed by atoms with Crippen LogP contribution in [0.5, 0.6) is 0 Å². The summed E-state index contributed by atoms with van der Waals surface area (Å²) in [4.78, 5) is 0. The first-order chi connectivity index (χ1) is 4.91. The Hall–Kier alpha value is -1.05. The number of rotatable bonds is 4. The minimum absolute atomic E-state index is 1.10. The number of unbranched alkanes of at least 4 members (excludes halogenated alkanes) is 1. The molecule has 0 unspecified atom stereocenters. The van der Waals surface area contributed by atoms with Crippen LogP contribution in [-0.4, -0.2) is 11.4 Å². The van der Waals surface area contributed by atoms with Gasteiger partial charge < -0.3 is 5.21 Å². The molecule has 0 bridgehead atoms. The maximum Gasteiger partial charge on any atom is 0.0661 e. The summed E-state index contributed by atoms with van der Waals surface area (Å²) in [5.74, 6) is 0. The van der Waals surface area contributed by atoms with Gasteiger partial charge in [-0.1, -0.05) is 36.7 Å². The number of allylic oxidation sites excluding steroid dienone is 4. The van der Waals surface area contributed by atoms with Crippen molar-refractivity contribution in [3.8, 4) is 0 Å². The monoisotopic (exact) mass is 139 g/mol. The third kappa shape index (κ3) is 6.95. The van der Waals surface area contributed by atoms with E-state index >= 15 is 0 Å². The average Bonchev–Trinajstić information content (AvgIpc) is 1.97. The van der Waals surface area contributed by atoms with Gasteiger partial charge in [0.05, 0.1) is 6.21 Å². The van der Waals surface area contributed by atoms with Crippen LogP contribution in [0.1, 0.15) is 19.8 Å². The standard InChI is InChI=1S/C8H13NO/c1-2-3-4-5-6-7-8-9-10/h4-8,10H,2-3H2,1H3/b5-4+,7-6+,9-8+. The smallest absolute Gasteiger partial charge is 0.0661 e. The van der Waals surface area contributed by atoms with Gasteiger partial charge in [-0.05, 0) is 12.5 Å². The number of oxime groups is 1. The minimum Gasteiger partial charge on any atom is -0.411 e. The summed E-state index contributed by atoms with van der Waals surface area (Å²) in [7, 11) is 0. The van der Waals surface area contributed by atoms with Crippen LogP contribution in [0.15, 0.2) is 29.5 Å². The largest absolute Gasteiger partial charge is 0.411 e. The number of hydrogen-bond donors (Lipinski definition) is 1. The van der Waals surface area contributed by atoms with Gasteiger partial charge in [0.15, 0.2) is 0 Å². The molecule has 0 saturated carbocycles. The highest BCUT2D eigenvalue weighted by Gasteiger charge is 1.68. The zero-order valence-electron chi connectivity index (χ0n) is 6.20. The minimum atomic E-state index is 1.10. The van der Waals surface area contributed by atoms with Gasteiger partial charge in [0.25, 0.3) is 0 Å². The van der Waals surface area contributed by atoms with E-state index in [0.29, 0.717) is 0 Å². The molecule has 0 aliphatic rings. The quantitative estimate of drug-likeness (QED) is 0.276. The second-order valence-corrected chi connectivity index (χ2v) is 1.87. The molecule has 1 N–H and O–H groups in total. The van der Waals surface area contributed by atoms with Crippen molar-refractivity contribution < 1.29 is 5.21 Å². The predicted octanol–water partition coefficient (Wildman–Crippen LogP) is 2.36. The van der Waals surface area contributed by atoms with Crippen molar-refractivity contribution in [2.45, 2.75) is 19.8 Å². The topological polar surface area (TPSA) is 32.6 Å². The Kier molecular flexibility index (Phi) is 7.12. The predicted molar refractivity (Wildman–Crippen MR) is 43.5 cm³/mol. The van der Waals surface area contributed by atoms with Gasteiger partial charge in [-0.2, -0.15) is 0 Å². The van der Waals surface area contributed by atoms with E-state index in [1.807, 2.05) is 12.2 Å². The molecule has 0 spiro atoms. The fourth-order valence-electron chi connectivity index (χ4n) is 0.494. The van der Waals surface area contributed by atoms with Crippen LogP contribution >= 0.6 is 0 Å². The molecule has 0 atom stereocenters. The first-order valence-electron chi connectivity index (χ1n) is 3.41. The fourth-order valence-corrected chi connectivity index (χ4v) is 0.494. The molecule has 0 aromatic carbocycles. The van der Waals surface area contributed by atoms with Crippen LogP contribution in [-0.2, 0) is 0 Å². The second kappa shape index (κ2) is 7.95. The van der Waals surface area contributed by atoms with Gasteiger partial charge >= 0.3 is 0 Å². The van der Waals surface area contributed by atoms with Crippen molar-refractivity contribution >= 4 is 6.21 Å². The molecule has 2 nitrogen and oxygen atoms in total. The van der Waals surface area contributed by atoms with Crippen molar-refractivity contribution in [3.63, 3.8) is 0 Å². The summed E-state index contributed by atoms with van der Waals surface area (Å²) in [6.07, 6.45) is 11.1. The van der Waals surface area contributed by atoms with E-state index < -0.39 is 0 Å². The molecule has 10 heavy (non-hydrogen) atoms. The van der Waals surface area contributed by atoms with Gasteiger partial charge in [0.2, 0.25) is 0 Å². The Balaban J connectivity index is 3.32. The van der Waals surface area contributed by atoms with E-state index in [4.69, 9.17) is 5.21 Å². The molecular formula is C8H13NO. The lowest BCUT2D eigenvalue weighted by atomic mass is 10.3. The van der Waals surface area contributed by atoms with E-state index in [2.05, 4.69) is 18.2 Å². The first-order valence-corrected chi connectivity index (χ1v) is 3.41. The zero-order chi connectivity index (χ0) is 7.66. The molecule has 0 amide bonds. The van der Waals surface area contributed by atoms with Gasteiger partial charge in [-0.3, -0.25) is 0 Å². The van der Waals surface area contributed by atoms with Crippen LogP contribution in [0.4, 0.5) is 0 Å². The summed E-state index contributed by atoms with van der Waals surface area (Å²) in [5, 5.41) is 10.8. The van der Waals surface area contributed by atoms with Crippen molar-refractivity contribution in [2.75, 3.05) is 0 Å². The molecule has 0 aliphatic heterocycles. The molecule has 0 fully saturated rings. The number of nitrogens with zero attached hydrogens (tertiary/aromatic N) is 1. The summed E-state index contributed by atoms with van der Waals surface area (Å²) in [5.41, 5.74) is 0. The molecule has 0 radical (unpaired) electrons. The molecule has 0 rings (SSSR count). The summed E-state index contributed by atoms with van der Waals surface area (Å²) in [6.45, 7) is 2.13. The summed E-state index contributed by atoms with van der Waals surface area (Å²) in [6, 6.07) is 0. The van der Waals surface area contributed by atoms with Crippen molar-refractivity contribution in [1.29, 1.82) is 0 Å². The van der Waals surface area contributed by atoms with E-state index in [1.165, 1.54) is 12.6 Å². The molecule has 0 aliphatic carbocycles. The lowest BCUT2D eigenvalue weighted by Crippen LogP contribution is -1.62. The Morgan fingerprint density at radius 1 is 1.30 bits per heavy atom. The Morgan fingerprint density at radius 2 is 2.10 bits per heavy atom. The molecule has 0 aromatic heterocycles. The molecular weight excluding hydrogens is 126 g/mol. The van der Waals surface area contributed by atoms with E-state index in [9.17, 15) is 0 Å². The number of hydrogen-bond acceptors (Lipinski definition) is 2. The van der Waals surface area contributed by atoms with E-state index in [0.717, 1.165) is 6.42 Å². The summed E-state index contributed by atoms with van der Waals surface area (Å²) < 4.78 is 0. The fraction of sp³-hybridized carbons (Fsp3) is 0.375. The van der Waals surface area contributed by atoms with E-state index in [-0.39, 0.29) is 0 Å². The third-order valence-corrected chi connectivity index (χ3v) is 0.966. The van der Waals surface area contributed by atoms with E-state index in [1.54, 1.807) is 6.08 Å². The average molecular weight is 139 g/mol. The van der Waals surface area contributed by atoms with Crippen LogP contribution < -0.4 is 0 Å². The highest BCUT2D eigenvalue weighted by molar-refractivity contribution is 5.70. The normalized spacial score (nSPS) is 12.5. The summed E-state index contributed by atoms with van der Waals surface area (Å²) >= 11 is 0. The van der Waals surface area contributed by atoms with Gasteiger partial charge in [-0.15, -0.1) is 0 Å². The van der Waals surface area contributed by atoms with Crippen molar-refractivity contribution in [3.05, 3.63) is 24.3 Å². The van der Waals surface area contributed by atoms with Crippen LogP contribution in [0, 0.1) is 0 Å². The Labute approximate surface area is 61.6 Å². The van der Waals surface area contributed by atoms with Crippen LogP contribution in [0.25, 0.3) is 0 Å². The van der Waals surface area contributed by atoms with Gasteiger partial charge in [0.1, 0.15) is 0 Å². The molecule has 0 heterocycles. The Bertz CT molecular complexity index is 136. The molecule has 0 aromatic rings. The second-order valence-electron chi connectivity index (χ2n) is 1.87. The molecule has 0 saturated heterocycles. The Morgan fingerprint density at radius 3 is 2.70 bits per heavy atom. The third-order valence-electron chi connectivity index (χ3n) is 0.966. The lowest BCUT2D eigenvalue weighted by Gasteiger charge is -1.78. The van der Waals surface area contributed by atoms with Gasteiger partial charge in [-0.25, -0.2) is 0 Å². The highest BCUT2D eigenvalue weighted by Crippen LogP contribution is 1.87. The molecule has 2 heteroatoms. The lowest BCUT2D eigenvalue weighted by molar-refractivity contribution is 0.322.